The van der Waals surface area contributed by atoms with Gasteiger partial charge in [0.1, 0.15) is 5.72 Å². The molecule has 9 nitrogen and oxygen atoms in total. The van der Waals surface area contributed by atoms with Gasteiger partial charge in [0, 0.05) is 43.6 Å². The number of nitrogens with zero attached hydrogens (tertiary/aromatic N) is 3. The van der Waals surface area contributed by atoms with Crippen LogP contribution in [-0.4, -0.2) is 70.2 Å². The first-order valence-corrected chi connectivity index (χ1v) is 7.97. The molecular formula is C16H19N3O6. The van der Waals surface area contributed by atoms with Crippen LogP contribution in [0, 0.1) is 10.1 Å². The standard InChI is InChI=1S/C16H19N3O6/c1-17-8-6-16(7-9-17)18(13(10-25-16)15(21)22)14(20)11-2-4-12(5-3-11)19(23)24/h2-5,13H,6-10H2,1H3,(H,21,22)/t13-/m0/s1. The van der Waals surface area contributed by atoms with Crippen LogP contribution < -0.4 is 0 Å². The lowest BCUT2D eigenvalue weighted by Crippen LogP contribution is -2.57. The molecule has 1 aromatic carbocycles. The Balaban J connectivity index is 1.92. The fourth-order valence-corrected chi connectivity index (χ4v) is 3.39. The van der Waals surface area contributed by atoms with Crippen molar-refractivity contribution in [2.45, 2.75) is 24.6 Å². The Bertz CT molecular complexity index is 696. The Morgan fingerprint density at radius 3 is 2.40 bits per heavy atom. The molecule has 0 saturated carbocycles. The van der Waals surface area contributed by atoms with Crippen molar-refractivity contribution in [1.82, 2.24) is 9.80 Å². The number of carbonyl (C=O) groups is 2. The molecule has 0 aromatic heterocycles. The largest absolute Gasteiger partial charge is 0.480 e. The van der Waals surface area contributed by atoms with Crippen LogP contribution in [-0.2, 0) is 9.53 Å². The number of hydrogen-bond donors (Lipinski definition) is 1. The summed E-state index contributed by atoms with van der Waals surface area (Å²) in [7, 11) is 1.96. The summed E-state index contributed by atoms with van der Waals surface area (Å²) in [5.41, 5.74) is -0.854. The van der Waals surface area contributed by atoms with E-state index in [9.17, 15) is 24.8 Å². The first-order valence-electron chi connectivity index (χ1n) is 7.97. The van der Waals surface area contributed by atoms with Crippen molar-refractivity contribution in [1.29, 1.82) is 0 Å². The van der Waals surface area contributed by atoms with Crippen molar-refractivity contribution in [2.24, 2.45) is 0 Å². The highest BCUT2D eigenvalue weighted by molar-refractivity contribution is 5.97. The molecule has 25 heavy (non-hydrogen) atoms. The van der Waals surface area contributed by atoms with Gasteiger partial charge < -0.3 is 14.7 Å². The van der Waals surface area contributed by atoms with Gasteiger partial charge in [0.05, 0.1) is 11.5 Å². The van der Waals surface area contributed by atoms with E-state index in [2.05, 4.69) is 4.90 Å². The van der Waals surface area contributed by atoms with E-state index >= 15 is 0 Å². The Kier molecular flexibility index (Phi) is 4.44. The number of ether oxygens (including phenoxy) is 1. The first kappa shape index (κ1) is 17.3. The molecule has 1 N–H and O–H groups in total. The lowest BCUT2D eigenvalue weighted by atomic mass is 9.97. The number of benzene rings is 1. The summed E-state index contributed by atoms with van der Waals surface area (Å²) in [6.45, 7) is 1.32. The molecule has 2 saturated heterocycles. The van der Waals surface area contributed by atoms with Crippen LogP contribution in [0.5, 0.6) is 0 Å². The predicted octanol–water partition coefficient (Wildman–Crippen LogP) is 0.942. The molecule has 9 heteroatoms. The maximum absolute atomic E-state index is 13.0. The second-order valence-corrected chi connectivity index (χ2v) is 6.39. The fourth-order valence-electron chi connectivity index (χ4n) is 3.39. The molecule has 1 aromatic rings. The summed E-state index contributed by atoms with van der Waals surface area (Å²) in [4.78, 5) is 38.2. The normalized spacial score (nSPS) is 22.9. The fraction of sp³-hybridized carbons (Fsp3) is 0.500. The Labute approximate surface area is 143 Å². The summed E-state index contributed by atoms with van der Waals surface area (Å²) >= 11 is 0. The van der Waals surface area contributed by atoms with E-state index in [0.717, 1.165) is 0 Å². The van der Waals surface area contributed by atoms with Crippen molar-refractivity contribution in [2.75, 3.05) is 26.7 Å². The number of carboxylic acid groups (broad SMARTS) is 1. The molecule has 0 unspecified atom stereocenters. The van der Waals surface area contributed by atoms with Crippen molar-refractivity contribution < 1.29 is 24.4 Å². The van der Waals surface area contributed by atoms with E-state index in [4.69, 9.17) is 4.74 Å². The number of aliphatic carboxylic acids is 1. The number of rotatable bonds is 3. The van der Waals surface area contributed by atoms with Crippen LogP contribution in [0.3, 0.4) is 0 Å². The molecule has 0 aliphatic carbocycles. The summed E-state index contributed by atoms with van der Waals surface area (Å²) in [5.74, 6) is -1.60. The van der Waals surface area contributed by atoms with Crippen LogP contribution in [0.2, 0.25) is 0 Å². The van der Waals surface area contributed by atoms with E-state index < -0.39 is 28.6 Å². The van der Waals surface area contributed by atoms with Crippen molar-refractivity contribution in [3.05, 3.63) is 39.9 Å². The maximum atomic E-state index is 13.0. The molecule has 1 atom stereocenters. The lowest BCUT2D eigenvalue weighted by Gasteiger charge is -2.43. The molecule has 1 amide bonds. The smallest absolute Gasteiger partial charge is 0.328 e. The van der Waals surface area contributed by atoms with E-state index in [1.807, 2.05) is 7.05 Å². The van der Waals surface area contributed by atoms with Gasteiger partial charge in [-0.3, -0.25) is 19.8 Å². The van der Waals surface area contributed by atoms with Gasteiger partial charge in [0.25, 0.3) is 11.6 Å². The molecule has 2 fully saturated rings. The number of nitro benzene ring substituents is 1. The van der Waals surface area contributed by atoms with Gasteiger partial charge in [-0.2, -0.15) is 0 Å². The molecule has 0 bridgehead atoms. The minimum atomic E-state index is -1.12. The molecule has 2 aliphatic rings. The first-order chi connectivity index (χ1) is 11.8. The van der Waals surface area contributed by atoms with Crippen LogP contribution in [0.1, 0.15) is 23.2 Å². The number of amides is 1. The van der Waals surface area contributed by atoms with Gasteiger partial charge >= 0.3 is 5.97 Å². The van der Waals surface area contributed by atoms with Gasteiger partial charge in [0.15, 0.2) is 6.04 Å². The topological polar surface area (TPSA) is 113 Å². The van der Waals surface area contributed by atoms with Gasteiger partial charge in [0.2, 0.25) is 0 Å². The lowest BCUT2D eigenvalue weighted by molar-refractivity contribution is -0.384. The molecular weight excluding hydrogens is 330 g/mol. The van der Waals surface area contributed by atoms with E-state index in [1.165, 1.54) is 29.2 Å². The third-order valence-corrected chi connectivity index (χ3v) is 4.86. The number of hydrogen-bond acceptors (Lipinski definition) is 6. The highest BCUT2D eigenvalue weighted by Gasteiger charge is 2.53. The second kappa shape index (κ2) is 6.41. The molecule has 3 rings (SSSR count). The second-order valence-electron chi connectivity index (χ2n) is 6.39. The highest BCUT2D eigenvalue weighted by Crippen LogP contribution is 2.38. The summed E-state index contributed by atoms with van der Waals surface area (Å²) in [6.07, 6.45) is 1.04. The van der Waals surface area contributed by atoms with Gasteiger partial charge in [-0.25, -0.2) is 4.79 Å². The monoisotopic (exact) mass is 349 g/mol. The number of nitro groups is 1. The average Bonchev–Trinajstić information content (AvgIpc) is 2.96. The van der Waals surface area contributed by atoms with Crippen LogP contribution in [0.15, 0.2) is 24.3 Å². The highest BCUT2D eigenvalue weighted by atomic mass is 16.6. The third kappa shape index (κ3) is 3.08. The molecule has 2 heterocycles. The molecule has 2 aliphatic heterocycles. The third-order valence-electron chi connectivity index (χ3n) is 4.86. The van der Waals surface area contributed by atoms with Crippen molar-refractivity contribution in [3.8, 4) is 0 Å². The number of piperidine rings is 1. The van der Waals surface area contributed by atoms with Crippen LogP contribution in [0.4, 0.5) is 5.69 Å². The summed E-state index contributed by atoms with van der Waals surface area (Å²) in [5, 5.41) is 20.2. The minimum absolute atomic E-state index is 0.0578. The van der Waals surface area contributed by atoms with E-state index in [0.29, 0.717) is 25.9 Å². The summed E-state index contributed by atoms with van der Waals surface area (Å²) in [6, 6.07) is 4.11. The Morgan fingerprint density at radius 1 is 1.28 bits per heavy atom. The van der Waals surface area contributed by atoms with Crippen LogP contribution >= 0.6 is 0 Å². The van der Waals surface area contributed by atoms with Gasteiger partial charge in [-0.15, -0.1) is 0 Å². The van der Waals surface area contributed by atoms with Crippen molar-refractivity contribution >= 4 is 17.6 Å². The SMILES string of the molecule is CN1CCC2(CC1)OC[C@@H](C(=O)O)N2C(=O)c1ccc([N+](=O)[O-])cc1. The number of likely N-dealkylation sites (tertiary alicyclic amines) is 1. The van der Waals surface area contributed by atoms with Gasteiger partial charge in [-0.1, -0.05) is 0 Å². The number of carbonyl (C=O) groups excluding carboxylic acids is 1. The minimum Gasteiger partial charge on any atom is -0.480 e. The molecule has 0 radical (unpaired) electrons. The maximum Gasteiger partial charge on any atom is 0.328 e. The molecule has 1 spiro atoms. The molecule has 134 valence electrons. The quantitative estimate of drug-likeness (QED) is 0.638. The number of carboxylic acids is 1. The van der Waals surface area contributed by atoms with Gasteiger partial charge in [-0.05, 0) is 19.2 Å². The zero-order valence-electron chi connectivity index (χ0n) is 13.8. The Hall–Kier alpha value is -2.52. The summed E-state index contributed by atoms with van der Waals surface area (Å²) < 4.78 is 5.81. The zero-order chi connectivity index (χ0) is 18.2. The van der Waals surface area contributed by atoms with E-state index in [1.54, 1.807) is 0 Å². The van der Waals surface area contributed by atoms with Crippen LogP contribution in [0.25, 0.3) is 0 Å². The van der Waals surface area contributed by atoms with Crippen molar-refractivity contribution in [3.63, 3.8) is 0 Å². The Morgan fingerprint density at radius 2 is 1.88 bits per heavy atom. The predicted molar refractivity (Wildman–Crippen MR) is 86.1 cm³/mol. The van der Waals surface area contributed by atoms with E-state index in [-0.39, 0.29) is 17.9 Å². The zero-order valence-corrected chi connectivity index (χ0v) is 13.8. The average molecular weight is 349 g/mol. The number of non-ortho nitro benzene ring substituents is 1.